The van der Waals surface area contributed by atoms with Crippen molar-refractivity contribution in [3.05, 3.63) is 119 Å². The van der Waals surface area contributed by atoms with Gasteiger partial charge in [0.05, 0.1) is 34.5 Å². The fourth-order valence-electron chi connectivity index (χ4n) is 5.16. The molecule has 0 bridgehead atoms. The summed E-state index contributed by atoms with van der Waals surface area (Å²) in [5.74, 6) is 1.58. The van der Waals surface area contributed by atoms with Gasteiger partial charge in [-0.05, 0) is 88.3 Å². The molecule has 0 spiro atoms. The van der Waals surface area contributed by atoms with E-state index in [-0.39, 0.29) is 11.6 Å². The number of rotatable bonds is 5. The zero-order valence-corrected chi connectivity index (χ0v) is 22.9. The van der Waals surface area contributed by atoms with Crippen molar-refractivity contribution in [2.24, 2.45) is 4.99 Å². The van der Waals surface area contributed by atoms with Crippen LogP contribution in [0.3, 0.4) is 0 Å². The standard InChI is InChI=1S/C30H25BrN2O3S/c1-3-36-21-12-9-20(10-13-21)28-23-14-11-19-6-4-5-7-22(19)27(23)32-30-33(28)29(34)26(37-30)17-18-8-15-25(35-2)24(31)16-18/h4-10,12-13,15-17,28H,3,11,14H2,1-2H3. The number of aromatic nitrogens is 1. The van der Waals surface area contributed by atoms with Gasteiger partial charge in [-0.3, -0.25) is 9.36 Å². The molecule has 0 N–H and O–H groups in total. The van der Waals surface area contributed by atoms with Gasteiger partial charge in [-0.2, -0.15) is 0 Å². The highest BCUT2D eigenvalue weighted by molar-refractivity contribution is 9.10. The number of hydrogen-bond acceptors (Lipinski definition) is 5. The molecule has 1 unspecified atom stereocenters. The monoisotopic (exact) mass is 572 g/mol. The Labute approximate surface area is 227 Å². The number of nitrogens with zero attached hydrogens (tertiary/aromatic N) is 2. The summed E-state index contributed by atoms with van der Waals surface area (Å²) in [7, 11) is 1.64. The number of fused-ring (bicyclic) bond motifs is 3. The summed E-state index contributed by atoms with van der Waals surface area (Å²) in [4.78, 5) is 19.7. The molecule has 1 aromatic heterocycles. The van der Waals surface area contributed by atoms with Crippen molar-refractivity contribution in [2.75, 3.05) is 13.7 Å². The van der Waals surface area contributed by atoms with E-state index < -0.39 is 0 Å². The first-order valence-electron chi connectivity index (χ1n) is 12.3. The van der Waals surface area contributed by atoms with Crippen LogP contribution in [-0.2, 0) is 6.42 Å². The van der Waals surface area contributed by atoms with Crippen LogP contribution in [0.25, 0.3) is 11.8 Å². The number of hydrogen-bond donors (Lipinski definition) is 0. The lowest BCUT2D eigenvalue weighted by molar-refractivity contribution is 0.340. The van der Waals surface area contributed by atoms with Gasteiger partial charge in [0, 0.05) is 5.56 Å². The van der Waals surface area contributed by atoms with Crippen LogP contribution in [0.4, 0.5) is 0 Å². The topological polar surface area (TPSA) is 52.8 Å². The predicted molar refractivity (Wildman–Crippen MR) is 151 cm³/mol. The molecule has 37 heavy (non-hydrogen) atoms. The lowest BCUT2D eigenvalue weighted by atomic mass is 9.83. The number of aryl methyl sites for hydroxylation is 1. The summed E-state index contributed by atoms with van der Waals surface area (Å²) in [5.41, 5.74) is 6.61. The SMILES string of the molecule is CCOc1ccc(C2C3=C(N=c4sc(=Cc5ccc(OC)c(Br)c5)c(=O)n42)c2ccccc2CC3)cc1. The van der Waals surface area contributed by atoms with E-state index in [1.54, 1.807) is 7.11 Å². The van der Waals surface area contributed by atoms with Crippen molar-refractivity contribution in [3.63, 3.8) is 0 Å². The average Bonchev–Trinajstić information content (AvgIpc) is 3.22. The Morgan fingerprint density at radius 1 is 1.11 bits per heavy atom. The van der Waals surface area contributed by atoms with Crippen LogP contribution in [0.2, 0.25) is 0 Å². The lowest BCUT2D eigenvalue weighted by Crippen LogP contribution is -2.38. The van der Waals surface area contributed by atoms with E-state index in [1.807, 2.05) is 47.9 Å². The second-order valence-electron chi connectivity index (χ2n) is 9.01. The Morgan fingerprint density at radius 3 is 2.68 bits per heavy atom. The summed E-state index contributed by atoms with van der Waals surface area (Å²) in [6.45, 7) is 2.59. The van der Waals surface area contributed by atoms with Crippen LogP contribution in [0.1, 0.15) is 41.6 Å². The van der Waals surface area contributed by atoms with Gasteiger partial charge >= 0.3 is 0 Å². The molecule has 6 rings (SSSR count). The van der Waals surface area contributed by atoms with E-state index in [1.165, 1.54) is 22.5 Å². The van der Waals surface area contributed by atoms with Crippen molar-refractivity contribution >= 4 is 39.0 Å². The summed E-state index contributed by atoms with van der Waals surface area (Å²) >= 11 is 4.99. The first-order valence-corrected chi connectivity index (χ1v) is 13.9. The van der Waals surface area contributed by atoms with Gasteiger partial charge in [0.1, 0.15) is 11.5 Å². The molecule has 7 heteroatoms. The van der Waals surface area contributed by atoms with Crippen molar-refractivity contribution in [1.82, 2.24) is 4.57 Å². The highest BCUT2D eigenvalue weighted by atomic mass is 79.9. The van der Waals surface area contributed by atoms with Gasteiger partial charge in [-0.1, -0.05) is 53.8 Å². The van der Waals surface area contributed by atoms with E-state index in [9.17, 15) is 4.79 Å². The molecular weight excluding hydrogens is 548 g/mol. The normalized spacial score (nSPS) is 16.5. The summed E-state index contributed by atoms with van der Waals surface area (Å²) in [5, 5.41) is 0. The Bertz CT molecular complexity index is 1720. The first-order chi connectivity index (χ1) is 18.1. The molecule has 0 saturated carbocycles. The largest absolute Gasteiger partial charge is 0.496 e. The van der Waals surface area contributed by atoms with Gasteiger partial charge < -0.3 is 9.47 Å². The Hall–Kier alpha value is -3.42. The quantitative estimate of drug-likeness (QED) is 0.318. The van der Waals surface area contributed by atoms with Crippen LogP contribution in [-0.4, -0.2) is 18.3 Å². The Balaban J connectivity index is 1.56. The van der Waals surface area contributed by atoms with Gasteiger partial charge in [0.15, 0.2) is 4.80 Å². The number of ether oxygens (including phenoxy) is 2. The van der Waals surface area contributed by atoms with E-state index in [4.69, 9.17) is 14.5 Å². The van der Waals surface area contributed by atoms with Crippen molar-refractivity contribution < 1.29 is 9.47 Å². The molecule has 1 aliphatic heterocycles. The molecule has 3 aromatic carbocycles. The molecule has 0 amide bonds. The van der Waals surface area contributed by atoms with E-state index in [0.717, 1.165) is 56.0 Å². The molecule has 0 saturated heterocycles. The molecule has 0 radical (unpaired) electrons. The molecule has 1 atom stereocenters. The van der Waals surface area contributed by atoms with E-state index in [2.05, 4.69) is 52.3 Å². The van der Waals surface area contributed by atoms with Crippen molar-refractivity contribution in [1.29, 1.82) is 0 Å². The van der Waals surface area contributed by atoms with Gasteiger partial charge in [0.2, 0.25) is 0 Å². The number of thiazole rings is 1. The summed E-state index contributed by atoms with van der Waals surface area (Å²) < 4.78 is 14.4. The molecule has 186 valence electrons. The highest BCUT2D eigenvalue weighted by Crippen LogP contribution is 2.41. The molecule has 2 heterocycles. The third-order valence-corrected chi connectivity index (χ3v) is 8.46. The zero-order chi connectivity index (χ0) is 25.5. The predicted octanol–water partition coefficient (Wildman–Crippen LogP) is 5.49. The maximum Gasteiger partial charge on any atom is 0.271 e. The first kappa shape index (κ1) is 23.9. The number of allylic oxidation sites excluding steroid dienone is 1. The minimum atomic E-state index is -0.208. The Kier molecular flexibility index (Phi) is 6.34. The molecule has 5 nitrogen and oxygen atoms in total. The second kappa shape index (κ2) is 9.80. The van der Waals surface area contributed by atoms with Crippen molar-refractivity contribution in [2.45, 2.75) is 25.8 Å². The molecule has 1 aliphatic carbocycles. The van der Waals surface area contributed by atoms with Crippen LogP contribution in [0.5, 0.6) is 11.5 Å². The molecule has 4 aromatic rings. The number of methoxy groups -OCH3 is 1. The van der Waals surface area contributed by atoms with Crippen LogP contribution < -0.4 is 24.4 Å². The fraction of sp³-hybridized carbons (Fsp3) is 0.200. The zero-order valence-electron chi connectivity index (χ0n) is 20.5. The minimum Gasteiger partial charge on any atom is -0.496 e. The summed E-state index contributed by atoms with van der Waals surface area (Å²) in [6.07, 6.45) is 3.73. The molecular formula is C30H25BrN2O3S. The lowest BCUT2D eigenvalue weighted by Gasteiger charge is -2.30. The fourth-order valence-corrected chi connectivity index (χ4v) is 6.72. The average molecular weight is 574 g/mol. The maximum absolute atomic E-state index is 13.9. The Morgan fingerprint density at radius 2 is 1.92 bits per heavy atom. The van der Waals surface area contributed by atoms with E-state index >= 15 is 0 Å². The molecule has 0 fully saturated rings. The van der Waals surface area contributed by atoms with Crippen LogP contribution >= 0.6 is 27.3 Å². The molecule has 2 aliphatic rings. The van der Waals surface area contributed by atoms with Crippen LogP contribution in [0, 0.1) is 0 Å². The number of halogens is 1. The summed E-state index contributed by atoms with van der Waals surface area (Å²) in [6, 6.07) is 22.2. The smallest absolute Gasteiger partial charge is 0.271 e. The minimum absolute atomic E-state index is 0.0278. The van der Waals surface area contributed by atoms with E-state index in [0.29, 0.717) is 11.1 Å². The third kappa shape index (κ3) is 4.26. The van der Waals surface area contributed by atoms with Crippen molar-refractivity contribution in [3.8, 4) is 11.5 Å². The maximum atomic E-state index is 13.9. The van der Waals surface area contributed by atoms with Crippen LogP contribution in [0.15, 0.2) is 86.6 Å². The van der Waals surface area contributed by atoms with Gasteiger partial charge in [0.25, 0.3) is 5.56 Å². The van der Waals surface area contributed by atoms with Gasteiger partial charge in [-0.25, -0.2) is 4.99 Å². The number of benzene rings is 3. The third-order valence-electron chi connectivity index (χ3n) is 6.85. The van der Waals surface area contributed by atoms with Gasteiger partial charge in [-0.15, -0.1) is 0 Å². The second-order valence-corrected chi connectivity index (χ2v) is 10.9. The highest BCUT2D eigenvalue weighted by Gasteiger charge is 2.32.